The monoisotopic (exact) mass is 385 g/mol. The third-order valence-corrected chi connectivity index (χ3v) is 4.27. The van der Waals surface area contributed by atoms with Crippen molar-refractivity contribution in [3.8, 4) is 11.4 Å². The normalized spacial score (nSPS) is 12.8. The quantitative estimate of drug-likeness (QED) is 0.748. The Morgan fingerprint density at radius 3 is 2.93 bits per heavy atom. The minimum Gasteiger partial charge on any atom is -0.488 e. The van der Waals surface area contributed by atoms with Crippen molar-refractivity contribution in [2.45, 2.75) is 6.92 Å². The Bertz CT molecular complexity index is 1080. The zero-order chi connectivity index (χ0) is 19.0. The highest BCUT2D eigenvalue weighted by atomic mass is 35.5. The minimum atomic E-state index is -0.507. The Labute approximate surface area is 158 Å². The highest BCUT2D eigenvalue weighted by molar-refractivity contribution is 6.30. The van der Waals surface area contributed by atoms with Crippen molar-refractivity contribution >= 4 is 29.3 Å². The molecule has 0 bridgehead atoms. The SMILES string of the molecule is Cc1nnnn1-c1cc(NC(=O)C2=Cc3cc(Cl)ccc3OC2)ccc1F. The first-order valence-electron chi connectivity index (χ1n) is 8.00. The van der Waals surface area contributed by atoms with Crippen LogP contribution in [0.3, 0.4) is 0 Å². The Morgan fingerprint density at radius 1 is 1.30 bits per heavy atom. The number of halogens is 2. The minimum absolute atomic E-state index is 0.126. The molecule has 9 heteroatoms. The van der Waals surface area contributed by atoms with Crippen molar-refractivity contribution in [3.63, 3.8) is 0 Å². The molecule has 2 aromatic carbocycles. The third-order valence-electron chi connectivity index (χ3n) is 4.03. The number of nitrogens with one attached hydrogen (secondary N) is 1. The van der Waals surface area contributed by atoms with Gasteiger partial charge in [-0.05, 0) is 59.8 Å². The first-order chi connectivity index (χ1) is 13.0. The summed E-state index contributed by atoms with van der Waals surface area (Å²) in [5, 5.41) is 14.3. The lowest BCUT2D eigenvalue weighted by atomic mass is 10.1. The van der Waals surface area contributed by atoms with E-state index >= 15 is 0 Å². The zero-order valence-electron chi connectivity index (χ0n) is 14.1. The van der Waals surface area contributed by atoms with Crippen LogP contribution < -0.4 is 10.1 Å². The second-order valence-electron chi connectivity index (χ2n) is 5.90. The van der Waals surface area contributed by atoms with Crippen molar-refractivity contribution in [2.24, 2.45) is 0 Å². The maximum absolute atomic E-state index is 14.1. The molecule has 2 heterocycles. The number of rotatable bonds is 3. The molecule has 136 valence electrons. The van der Waals surface area contributed by atoms with Crippen molar-refractivity contribution in [2.75, 3.05) is 11.9 Å². The molecule has 1 aromatic heterocycles. The van der Waals surface area contributed by atoms with Crippen LogP contribution in [0.4, 0.5) is 10.1 Å². The van der Waals surface area contributed by atoms with Crippen LogP contribution >= 0.6 is 11.6 Å². The van der Waals surface area contributed by atoms with E-state index in [1.54, 1.807) is 31.2 Å². The Balaban J connectivity index is 1.60. The van der Waals surface area contributed by atoms with E-state index in [2.05, 4.69) is 20.8 Å². The number of ether oxygens (including phenoxy) is 1. The van der Waals surface area contributed by atoms with E-state index in [1.165, 1.54) is 22.9 Å². The second-order valence-corrected chi connectivity index (χ2v) is 6.34. The van der Waals surface area contributed by atoms with Crippen LogP contribution in [-0.2, 0) is 4.79 Å². The van der Waals surface area contributed by atoms with Gasteiger partial charge in [-0.3, -0.25) is 4.79 Å². The summed E-state index contributed by atoms with van der Waals surface area (Å²) in [5.41, 5.74) is 1.70. The standard InChI is InChI=1S/C18H13ClFN5O2/c1-10-22-23-24-25(10)16-8-14(3-4-15(16)20)21-18(26)12-6-11-7-13(19)2-5-17(11)27-9-12/h2-8H,9H2,1H3,(H,21,26). The second kappa shape index (κ2) is 6.81. The lowest BCUT2D eigenvalue weighted by molar-refractivity contribution is -0.113. The first-order valence-corrected chi connectivity index (χ1v) is 8.38. The van der Waals surface area contributed by atoms with E-state index in [0.29, 0.717) is 27.9 Å². The first kappa shape index (κ1) is 17.2. The molecule has 0 radical (unpaired) electrons. The number of aromatic nitrogens is 4. The van der Waals surface area contributed by atoms with Crippen LogP contribution in [0.25, 0.3) is 11.8 Å². The number of aryl methyl sites for hydroxylation is 1. The molecular formula is C18H13ClFN5O2. The lowest BCUT2D eigenvalue weighted by Crippen LogP contribution is -2.21. The van der Waals surface area contributed by atoms with Crippen molar-refractivity contribution in [1.29, 1.82) is 0 Å². The van der Waals surface area contributed by atoms with Crippen LogP contribution in [0.5, 0.6) is 5.75 Å². The molecule has 1 amide bonds. The van der Waals surface area contributed by atoms with Crippen LogP contribution in [-0.4, -0.2) is 32.7 Å². The summed E-state index contributed by atoms with van der Waals surface area (Å²) >= 11 is 5.99. The van der Waals surface area contributed by atoms with E-state index in [1.807, 2.05) is 0 Å². The van der Waals surface area contributed by atoms with Gasteiger partial charge >= 0.3 is 0 Å². The van der Waals surface area contributed by atoms with Gasteiger partial charge in [0.05, 0.1) is 5.57 Å². The fraction of sp³-hybridized carbons (Fsp3) is 0.111. The smallest absolute Gasteiger partial charge is 0.255 e. The van der Waals surface area contributed by atoms with Crippen molar-refractivity contribution < 1.29 is 13.9 Å². The topological polar surface area (TPSA) is 81.9 Å². The highest BCUT2D eigenvalue weighted by Crippen LogP contribution is 2.29. The molecule has 3 aromatic rings. The molecule has 0 spiro atoms. The molecule has 1 N–H and O–H groups in total. The van der Waals surface area contributed by atoms with Crippen LogP contribution in [0.1, 0.15) is 11.4 Å². The number of hydrogen-bond donors (Lipinski definition) is 1. The lowest BCUT2D eigenvalue weighted by Gasteiger charge is -2.18. The number of carbonyl (C=O) groups excluding carboxylic acids is 1. The van der Waals surface area contributed by atoms with Crippen molar-refractivity contribution in [1.82, 2.24) is 20.2 Å². The fourth-order valence-corrected chi connectivity index (χ4v) is 2.88. The van der Waals surface area contributed by atoms with Gasteiger partial charge in [-0.1, -0.05) is 11.6 Å². The average molecular weight is 386 g/mol. The van der Waals surface area contributed by atoms with Gasteiger partial charge in [-0.25, -0.2) is 4.39 Å². The number of hydrogen-bond acceptors (Lipinski definition) is 5. The molecular weight excluding hydrogens is 373 g/mol. The molecule has 0 aliphatic carbocycles. The Kier molecular flexibility index (Phi) is 4.33. The summed E-state index contributed by atoms with van der Waals surface area (Å²) in [6.07, 6.45) is 1.72. The van der Waals surface area contributed by atoms with E-state index in [4.69, 9.17) is 16.3 Å². The summed E-state index contributed by atoms with van der Waals surface area (Å²) in [7, 11) is 0. The largest absolute Gasteiger partial charge is 0.488 e. The third kappa shape index (κ3) is 3.39. The predicted molar refractivity (Wildman–Crippen MR) is 97.4 cm³/mol. The van der Waals surface area contributed by atoms with Gasteiger partial charge in [0.25, 0.3) is 5.91 Å². The zero-order valence-corrected chi connectivity index (χ0v) is 14.9. The maximum Gasteiger partial charge on any atom is 0.255 e. The van der Waals surface area contributed by atoms with Gasteiger partial charge in [0.2, 0.25) is 0 Å². The summed E-state index contributed by atoms with van der Waals surface area (Å²) in [5.74, 6) is 0.224. The molecule has 0 saturated heterocycles. The van der Waals surface area contributed by atoms with E-state index in [9.17, 15) is 9.18 Å². The van der Waals surface area contributed by atoms with Gasteiger partial charge in [0.15, 0.2) is 5.82 Å². The Hall–Kier alpha value is -3.26. The van der Waals surface area contributed by atoms with Gasteiger partial charge < -0.3 is 10.1 Å². The highest BCUT2D eigenvalue weighted by Gasteiger charge is 2.18. The number of anilines is 1. The number of amides is 1. The van der Waals surface area contributed by atoms with Crippen LogP contribution in [0.2, 0.25) is 5.02 Å². The molecule has 0 unspecified atom stereocenters. The molecule has 1 aliphatic rings. The molecule has 27 heavy (non-hydrogen) atoms. The van der Waals surface area contributed by atoms with Gasteiger partial charge in [-0.2, -0.15) is 4.68 Å². The van der Waals surface area contributed by atoms with E-state index in [-0.39, 0.29) is 18.2 Å². The molecule has 0 atom stereocenters. The average Bonchev–Trinajstić information content (AvgIpc) is 3.08. The Morgan fingerprint density at radius 2 is 2.15 bits per heavy atom. The van der Waals surface area contributed by atoms with Gasteiger partial charge in [-0.15, -0.1) is 5.10 Å². The van der Waals surface area contributed by atoms with E-state index in [0.717, 1.165) is 5.56 Å². The molecule has 7 nitrogen and oxygen atoms in total. The van der Waals surface area contributed by atoms with Gasteiger partial charge in [0, 0.05) is 16.3 Å². The summed E-state index contributed by atoms with van der Waals surface area (Å²) in [6, 6.07) is 9.37. The molecule has 1 aliphatic heterocycles. The number of nitrogens with zero attached hydrogens (tertiary/aromatic N) is 4. The number of benzene rings is 2. The van der Waals surface area contributed by atoms with Crippen molar-refractivity contribution in [3.05, 3.63) is 64.2 Å². The van der Waals surface area contributed by atoms with Gasteiger partial charge in [0.1, 0.15) is 23.9 Å². The van der Waals surface area contributed by atoms with Crippen LogP contribution in [0, 0.1) is 12.7 Å². The fourth-order valence-electron chi connectivity index (χ4n) is 2.70. The number of fused-ring (bicyclic) bond motifs is 1. The molecule has 0 fully saturated rings. The maximum atomic E-state index is 14.1. The van der Waals surface area contributed by atoms with Crippen LogP contribution in [0.15, 0.2) is 42.0 Å². The molecule has 4 rings (SSSR count). The number of tetrazole rings is 1. The predicted octanol–water partition coefficient (Wildman–Crippen LogP) is 3.18. The summed E-state index contributed by atoms with van der Waals surface area (Å²) in [4.78, 5) is 12.6. The molecule has 0 saturated carbocycles. The summed E-state index contributed by atoms with van der Waals surface area (Å²) in [6.45, 7) is 1.78. The number of carbonyl (C=O) groups is 1. The summed E-state index contributed by atoms with van der Waals surface area (Å²) < 4.78 is 21.0. The van der Waals surface area contributed by atoms with E-state index < -0.39 is 5.82 Å².